The number of amides is 1. The molecule has 0 radical (unpaired) electrons. The van der Waals surface area contributed by atoms with Crippen molar-refractivity contribution in [3.63, 3.8) is 0 Å². The molecule has 0 spiro atoms. The Balaban J connectivity index is 2.31. The van der Waals surface area contributed by atoms with Crippen molar-refractivity contribution in [1.82, 2.24) is 5.32 Å². The van der Waals surface area contributed by atoms with E-state index in [4.69, 9.17) is 4.74 Å². The summed E-state index contributed by atoms with van der Waals surface area (Å²) in [6.45, 7) is 5.70. The fourth-order valence-electron chi connectivity index (χ4n) is 1.20. The van der Waals surface area contributed by atoms with Crippen LogP contribution in [0, 0.1) is 5.92 Å². The molecule has 4 nitrogen and oxygen atoms in total. The highest BCUT2D eigenvalue weighted by molar-refractivity contribution is 5.77. The quantitative estimate of drug-likeness (QED) is 0.807. The van der Waals surface area contributed by atoms with E-state index >= 15 is 0 Å². The van der Waals surface area contributed by atoms with E-state index in [2.05, 4.69) is 5.32 Å². The molecule has 0 aliphatic heterocycles. The zero-order valence-electron chi connectivity index (χ0n) is 11.1. The monoisotopic (exact) mass is 251 g/mol. The fraction of sp³-hybridized carbons (Fsp3) is 0.500. The largest absolute Gasteiger partial charge is 0.484 e. The first-order valence-corrected chi connectivity index (χ1v) is 6.09. The summed E-state index contributed by atoms with van der Waals surface area (Å²) in [4.78, 5) is 11.5. The average Bonchev–Trinajstić information content (AvgIpc) is 2.35. The van der Waals surface area contributed by atoms with E-state index in [0.717, 1.165) is 0 Å². The number of carbonyl (C=O) groups is 1. The summed E-state index contributed by atoms with van der Waals surface area (Å²) in [7, 11) is 0. The second kappa shape index (κ2) is 6.40. The minimum Gasteiger partial charge on any atom is -0.484 e. The molecule has 0 fully saturated rings. The van der Waals surface area contributed by atoms with Crippen LogP contribution in [-0.2, 0) is 4.79 Å². The van der Waals surface area contributed by atoms with Crippen LogP contribution >= 0.6 is 0 Å². The first-order chi connectivity index (χ1) is 8.42. The lowest BCUT2D eigenvalue weighted by atomic mass is 9.93. The van der Waals surface area contributed by atoms with Gasteiger partial charge in [0.2, 0.25) is 0 Å². The molecule has 0 bridgehead atoms. The van der Waals surface area contributed by atoms with Crippen molar-refractivity contribution in [2.75, 3.05) is 13.2 Å². The van der Waals surface area contributed by atoms with E-state index in [1.165, 1.54) is 0 Å². The lowest BCUT2D eigenvalue weighted by Crippen LogP contribution is -2.45. The number of benzene rings is 1. The van der Waals surface area contributed by atoms with Gasteiger partial charge in [0.05, 0.1) is 5.60 Å². The predicted molar refractivity (Wildman–Crippen MR) is 70.4 cm³/mol. The Kier molecular flexibility index (Phi) is 5.16. The van der Waals surface area contributed by atoms with Gasteiger partial charge in [-0.15, -0.1) is 0 Å². The zero-order chi connectivity index (χ0) is 13.6. The van der Waals surface area contributed by atoms with Gasteiger partial charge in [0.1, 0.15) is 5.75 Å². The third-order valence-electron chi connectivity index (χ3n) is 3.00. The zero-order valence-corrected chi connectivity index (χ0v) is 11.1. The van der Waals surface area contributed by atoms with Crippen LogP contribution in [0.1, 0.15) is 20.8 Å². The van der Waals surface area contributed by atoms with Crippen LogP contribution in [0.4, 0.5) is 0 Å². The van der Waals surface area contributed by atoms with Crippen LogP contribution in [0.2, 0.25) is 0 Å². The molecule has 1 aromatic carbocycles. The molecule has 0 aliphatic rings. The van der Waals surface area contributed by atoms with E-state index in [0.29, 0.717) is 5.75 Å². The van der Waals surface area contributed by atoms with Gasteiger partial charge < -0.3 is 15.2 Å². The van der Waals surface area contributed by atoms with E-state index in [1.807, 2.05) is 32.0 Å². The minimum absolute atomic E-state index is 0.0435. The van der Waals surface area contributed by atoms with E-state index in [1.54, 1.807) is 19.1 Å². The van der Waals surface area contributed by atoms with Crippen molar-refractivity contribution < 1.29 is 14.6 Å². The molecule has 2 N–H and O–H groups in total. The van der Waals surface area contributed by atoms with Crippen molar-refractivity contribution in [2.24, 2.45) is 5.92 Å². The Bertz CT molecular complexity index is 374. The van der Waals surface area contributed by atoms with Gasteiger partial charge in [-0.2, -0.15) is 0 Å². The highest BCUT2D eigenvalue weighted by atomic mass is 16.5. The summed E-state index contributed by atoms with van der Waals surface area (Å²) in [5.74, 6) is 0.496. The topological polar surface area (TPSA) is 58.6 Å². The van der Waals surface area contributed by atoms with Crippen molar-refractivity contribution in [3.8, 4) is 5.75 Å². The van der Waals surface area contributed by atoms with E-state index in [9.17, 15) is 9.90 Å². The molecule has 4 heteroatoms. The lowest BCUT2D eigenvalue weighted by Gasteiger charge is -2.27. The smallest absolute Gasteiger partial charge is 0.258 e. The Labute approximate surface area is 108 Å². The molecule has 0 saturated carbocycles. The maximum atomic E-state index is 11.5. The summed E-state index contributed by atoms with van der Waals surface area (Å²) in [5, 5.41) is 12.6. The number of hydrogen-bond donors (Lipinski definition) is 2. The molecule has 18 heavy (non-hydrogen) atoms. The molecule has 1 rings (SSSR count). The standard InChI is InChI=1S/C14H21NO3/c1-11(2)14(3,17)10-15-13(16)9-18-12-7-5-4-6-8-12/h4-8,11,17H,9-10H2,1-3H3,(H,15,16). The highest BCUT2D eigenvalue weighted by Crippen LogP contribution is 2.14. The molecule has 1 unspecified atom stereocenters. The summed E-state index contributed by atoms with van der Waals surface area (Å²) in [5.41, 5.74) is -0.900. The van der Waals surface area contributed by atoms with Gasteiger partial charge in [-0.05, 0) is 25.0 Å². The first kappa shape index (κ1) is 14.5. The molecule has 1 aromatic rings. The number of carbonyl (C=O) groups excluding carboxylic acids is 1. The second-order valence-electron chi connectivity index (χ2n) is 4.89. The number of hydrogen-bond acceptors (Lipinski definition) is 3. The average molecular weight is 251 g/mol. The van der Waals surface area contributed by atoms with Gasteiger partial charge >= 0.3 is 0 Å². The molecule has 1 atom stereocenters. The van der Waals surface area contributed by atoms with Crippen LogP contribution in [0.15, 0.2) is 30.3 Å². The van der Waals surface area contributed by atoms with Crippen LogP contribution in [0.5, 0.6) is 5.75 Å². The molecular formula is C14H21NO3. The Morgan fingerprint density at radius 3 is 2.56 bits per heavy atom. The molecular weight excluding hydrogens is 230 g/mol. The SMILES string of the molecule is CC(C)C(C)(O)CNC(=O)COc1ccccc1. The maximum Gasteiger partial charge on any atom is 0.258 e. The highest BCUT2D eigenvalue weighted by Gasteiger charge is 2.25. The van der Waals surface area contributed by atoms with Gasteiger partial charge in [-0.3, -0.25) is 4.79 Å². The van der Waals surface area contributed by atoms with Crippen LogP contribution in [-0.4, -0.2) is 29.8 Å². The van der Waals surface area contributed by atoms with Crippen molar-refractivity contribution >= 4 is 5.91 Å². The molecule has 0 saturated heterocycles. The molecule has 100 valence electrons. The maximum absolute atomic E-state index is 11.5. The van der Waals surface area contributed by atoms with Crippen molar-refractivity contribution in [1.29, 1.82) is 0 Å². The molecule has 0 aliphatic carbocycles. The van der Waals surface area contributed by atoms with Crippen LogP contribution in [0.3, 0.4) is 0 Å². The third kappa shape index (κ3) is 4.75. The minimum atomic E-state index is -0.900. The molecule has 1 amide bonds. The summed E-state index contributed by atoms with van der Waals surface area (Å²) in [6.07, 6.45) is 0. The van der Waals surface area contributed by atoms with Crippen LogP contribution in [0.25, 0.3) is 0 Å². The second-order valence-corrected chi connectivity index (χ2v) is 4.89. The number of ether oxygens (including phenoxy) is 1. The van der Waals surface area contributed by atoms with Gasteiger partial charge in [0.25, 0.3) is 5.91 Å². The Morgan fingerprint density at radius 1 is 1.39 bits per heavy atom. The predicted octanol–water partition coefficient (Wildman–Crippen LogP) is 1.59. The summed E-state index contributed by atoms with van der Waals surface area (Å²) in [6, 6.07) is 9.15. The van der Waals surface area contributed by atoms with Gasteiger partial charge in [-0.25, -0.2) is 0 Å². The number of aliphatic hydroxyl groups is 1. The summed E-state index contributed by atoms with van der Waals surface area (Å²) >= 11 is 0. The van der Waals surface area contributed by atoms with Crippen LogP contribution < -0.4 is 10.1 Å². The fourth-order valence-corrected chi connectivity index (χ4v) is 1.20. The number of nitrogens with one attached hydrogen (secondary N) is 1. The van der Waals surface area contributed by atoms with E-state index < -0.39 is 5.60 Å². The van der Waals surface area contributed by atoms with Crippen molar-refractivity contribution in [3.05, 3.63) is 30.3 Å². The van der Waals surface area contributed by atoms with Gasteiger partial charge in [0.15, 0.2) is 6.61 Å². The van der Waals surface area contributed by atoms with E-state index in [-0.39, 0.29) is 25.0 Å². The van der Waals surface area contributed by atoms with Gasteiger partial charge in [0, 0.05) is 6.54 Å². The Morgan fingerprint density at radius 2 is 2.00 bits per heavy atom. The summed E-state index contributed by atoms with van der Waals surface area (Å²) < 4.78 is 5.30. The normalized spacial score (nSPS) is 14.1. The van der Waals surface area contributed by atoms with Crippen molar-refractivity contribution in [2.45, 2.75) is 26.4 Å². The third-order valence-corrected chi connectivity index (χ3v) is 3.00. The number of rotatable bonds is 6. The first-order valence-electron chi connectivity index (χ1n) is 6.09. The Hall–Kier alpha value is -1.55. The molecule has 0 heterocycles. The molecule has 0 aromatic heterocycles. The van der Waals surface area contributed by atoms with Gasteiger partial charge in [-0.1, -0.05) is 32.0 Å². The number of para-hydroxylation sites is 1. The lowest BCUT2D eigenvalue weighted by molar-refractivity contribution is -0.124.